The third kappa shape index (κ3) is 13.5. The average Bonchev–Trinajstić information content (AvgIpc) is 2.97. The Hall–Kier alpha value is -2.51. The van der Waals surface area contributed by atoms with Gasteiger partial charge in [0.05, 0.1) is 0 Å². The third-order valence-corrected chi connectivity index (χ3v) is 11.7. The van der Waals surface area contributed by atoms with E-state index in [1.54, 1.807) is 0 Å². The van der Waals surface area contributed by atoms with Crippen LogP contribution in [0.2, 0.25) is 0 Å². The van der Waals surface area contributed by atoms with E-state index in [1.807, 2.05) is 0 Å². The van der Waals surface area contributed by atoms with Gasteiger partial charge in [0.1, 0.15) is 17.2 Å². The SMILES string of the molecule is CC(C)c1cc(C(C)(C)CC(C)(C)C)ccc1OP(Oc1ccc(C(C)(C)CC(C)(C)C)cc1C(C)C)Oc1ccc(C(C)(C)CC(C)(C)C)cc1C(C)C. The molecule has 0 saturated heterocycles. The van der Waals surface area contributed by atoms with E-state index in [2.05, 4.69) is 200 Å². The van der Waals surface area contributed by atoms with Crippen molar-refractivity contribution in [2.24, 2.45) is 16.2 Å². The number of benzene rings is 3. The normalized spacial score (nSPS) is 13.7. The first kappa shape index (κ1) is 46.9. The Balaban J connectivity index is 2.19. The van der Waals surface area contributed by atoms with Crippen LogP contribution in [0.3, 0.4) is 0 Å². The lowest BCUT2D eigenvalue weighted by Crippen LogP contribution is -2.25. The lowest BCUT2D eigenvalue weighted by atomic mass is 9.72. The van der Waals surface area contributed by atoms with E-state index in [0.717, 1.165) is 36.5 Å². The number of hydrogen-bond acceptors (Lipinski definition) is 3. The standard InChI is InChI=1S/C51H81O3P/c1-34(2)40-28-37(49(16,17)31-46(7,8)9)22-25-43(40)52-55(53-44-26-23-38(29-41(44)35(3)4)50(18,19)32-47(10,11)12)54-45-27-24-39(30-42(45)36(5)6)51(20,21)33-48(13,14)15/h22-30,34-36H,31-33H2,1-21H3. The molecule has 0 aliphatic rings. The van der Waals surface area contributed by atoms with Crippen LogP contribution in [-0.2, 0) is 16.2 Å². The molecule has 4 heteroatoms. The molecule has 0 spiro atoms. The Morgan fingerprint density at radius 1 is 0.382 bits per heavy atom. The average molecular weight is 773 g/mol. The van der Waals surface area contributed by atoms with Gasteiger partial charge in [-0.05, 0) is 121 Å². The van der Waals surface area contributed by atoms with E-state index in [0.29, 0.717) is 0 Å². The van der Waals surface area contributed by atoms with E-state index in [1.165, 1.54) is 33.4 Å². The summed E-state index contributed by atoms with van der Waals surface area (Å²) < 4.78 is 21.0. The summed E-state index contributed by atoms with van der Waals surface area (Å²) in [6.45, 7) is 48.5. The molecular weight excluding hydrogens is 692 g/mol. The molecule has 0 amide bonds. The van der Waals surface area contributed by atoms with Gasteiger partial charge in [-0.3, -0.25) is 0 Å². The van der Waals surface area contributed by atoms with Crippen LogP contribution >= 0.6 is 8.60 Å². The maximum atomic E-state index is 7.00. The zero-order valence-electron chi connectivity index (χ0n) is 39.2. The van der Waals surface area contributed by atoms with Gasteiger partial charge in [0.15, 0.2) is 0 Å². The number of hydrogen-bond donors (Lipinski definition) is 0. The Kier molecular flexibility index (Phi) is 14.6. The zero-order valence-corrected chi connectivity index (χ0v) is 40.1. The second-order valence-electron chi connectivity index (χ2n) is 23.1. The molecule has 0 radical (unpaired) electrons. The first-order valence-electron chi connectivity index (χ1n) is 21.1. The van der Waals surface area contributed by atoms with Gasteiger partial charge in [-0.15, -0.1) is 0 Å². The largest absolute Gasteiger partial charge is 0.530 e. The third-order valence-electron chi connectivity index (χ3n) is 10.7. The van der Waals surface area contributed by atoms with Crippen LogP contribution in [0.5, 0.6) is 17.2 Å². The molecule has 0 aliphatic heterocycles. The molecule has 0 N–H and O–H groups in total. The van der Waals surface area contributed by atoms with Gasteiger partial charge in [0.25, 0.3) is 0 Å². The smallest absolute Gasteiger partial charge is 0.408 e. The Labute approximate surface area is 341 Å². The molecule has 3 aromatic carbocycles. The van der Waals surface area contributed by atoms with E-state index in [9.17, 15) is 0 Å². The summed E-state index contributed by atoms with van der Waals surface area (Å²) >= 11 is 0. The monoisotopic (exact) mass is 773 g/mol. The van der Waals surface area contributed by atoms with E-state index >= 15 is 0 Å². The second kappa shape index (κ2) is 17.1. The lowest BCUT2D eigenvalue weighted by Gasteiger charge is -2.34. The van der Waals surface area contributed by atoms with Crippen LogP contribution in [0.15, 0.2) is 54.6 Å². The Bertz CT molecular complexity index is 1520. The van der Waals surface area contributed by atoms with Crippen molar-refractivity contribution in [1.82, 2.24) is 0 Å². The molecule has 0 aromatic heterocycles. The van der Waals surface area contributed by atoms with Gasteiger partial charge < -0.3 is 13.6 Å². The van der Waals surface area contributed by atoms with Gasteiger partial charge in [0, 0.05) is 0 Å². The predicted octanol–water partition coefficient (Wildman–Crippen LogP) is 17.0. The van der Waals surface area contributed by atoms with Crippen molar-refractivity contribution in [3.63, 3.8) is 0 Å². The molecule has 55 heavy (non-hydrogen) atoms. The van der Waals surface area contributed by atoms with Gasteiger partial charge in [0.2, 0.25) is 0 Å². The van der Waals surface area contributed by atoms with Crippen molar-refractivity contribution in [2.45, 2.75) is 199 Å². The highest BCUT2D eigenvalue weighted by molar-refractivity contribution is 7.43. The molecule has 0 bridgehead atoms. The highest BCUT2D eigenvalue weighted by Gasteiger charge is 2.33. The minimum atomic E-state index is -1.89. The summed E-state index contributed by atoms with van der Waals surface area (Å²) in [5.74, 6) is 3.22. The van der Waals surface area contributed by atoms with Crippen LogP contribution in [0.4, 0.5) is 0 Å². The van der Waals surface area contributed by atoms with Crippen LogP contribution in [0, 0.1) is 16.2 Å². The van der Waals surface area contributed by atoms with E-state index < -0.39 is 8.60 Å². The minimum absolute atomic E-state index is 0.0154. The molecule has 308 valence electrons. The summed E-state index contributed by atoms with van der Waals surface area (Å²) in [5.41, 5.74) is 8.19. The Morgan fingerprint density at radius 2 is 0.600 bits per heavy atom. The van der Waals surface area contributed by atoms with Gasteiger partial charge in [-0.25, -0.2) is 0 Å². The topological polar surface area (TPSA) is 27.7 Å². The van der Waals surface area contributed by atoms with Gasteiger partial charge in [-0.2, -0.15) is 0 Å². The minimum Gasteiger partial charge on any atom is -0.408 e. The maximum absolute atomic E-state index is 7.00. The molecule has 3 nitrogen and oxygen atoms in total. The molecular formula is C51H81O3P. The quantitative estimate of drug-likeness (QED) is 0.144. The van der Waals surface area contributed by atoms with E-state index in [-0.39, 0.29) is 50.2 Å². The molecule has 3 aromatic rings. The summed E-state index contributed by atoms with van der Waals surface area (Å²) in [4.78, 5) is 0. The summed E-state index contributed by atoms with van der Waals surface area (Å²) in [5, 5.41) is 0. The van der Waals surface area contributed by atoms with Gasteiger partial charge >= 0.3 is 8.60 Å². The van der Waals surface area contributed by atoms with Crippen molar-refractivity contribution in [3.8, 4) is 17.2 Å². The van der Waals surface area contributed by atoms with Crippen molar-refractivity contribution in [3.05, 3.63) is 88.0 Å². The van der Waals surface area contributed by atoms with Crippen LogP contribution in [0.1, 0.15) is 216 Å². The van der Waals surface area contributed by atoms with Gasteiger partial charge in [-0.1, -0.05) is 182 Å². The van der Waals surface area contributed by atoms with Crippen molar-refractivity contribution < 1.29 is 13.6 Å². The molecule has 0 unspecified atom stereocenters. The van der Waals surface area contributed by atoms with Crippen LogP contribution in [-0.4, -0.2) is 0 Å². The predicted molar refractivity (Wildman–Crippen MR) is 242 cm³/mol. The lowest BCUT2D eigenvalue weighted by molar-refractivity contribution is 0.283. The van der Waals surface area contributed by atoms with Crippen LogP contribution in [0.25, 0.3) is 0 Å². The second-order valence-corrected chi connectivity index (χ2v) is 24.1. The molecule has 0 atom stereocenters. The molecule has 3 rings (SSSR count). The summed E-state index contributed by atoms with van der Waals surface area (Å²) in [6.07, 6.45) is 3.24. The highest BCUT2D eigenvalue weighted by atomic mass is 31.2. The zero-order chi connectivity index (χ0) is 42.1. The first-order valence-corrected chi connectivity index (χ1v) is 22.2. The summed E-state index contributed by atoms with van der Waals surface area (Å²) in [6, 6.07) is 20.3. The van der Waals surface area contributed by atoms with Crippen LogP contribution < -0.4 is 13.6 Å². The molecule has 0 fully saturated rings. The fourth-order valence-electron chi connectivity index (χ4n) is 9.09. The number of rotatable bonds is 15. The fourth-order valence-corrected chi connectivity index (χ4v) is 10.2. The fraction of sp³-hybridized carbons (Fsp3) is 0.647. The Morgan fingerprint density at radius 3 is 0.782 bits per heavy atom. The summed E-state index contributed by atoms with van der Waals surface area (Å²) in [7, 11) is -1.89. The van der Waals surface area contributed by atoms with E-state index in [4.69, 9.17) is 13.6 Å². The molecule has 0 heterocycles. The molecule has 0 saturated carbocycles. The van der Waals surface area contributed by atoms with Crippen molar-refractivity contribution in [2.75, 3.05) is 0 Å². The first-order chi connectivity index (χ1) is 24.8. The van der Waals surface area contributed by atoms with Crippen molar-refractivity contribution >= 4 is 8.60 Å². The van der Waals surface area contributed by atoms with Crippen molar-refractivity contribution in [1.29, 1.82) is 0 Å². The maximum Gasteiger partial charge on any atom is 0.530 e. The molecule has 0 aliphatic carbocycles. The highest BCUT2D eigenvalue weighted by Crippen LogP contribution is 2.50.